The number of fused-ring (bicyclic) bond motifs is 3. The van der Waals surface area contributed by atoms with Gasteiger partial charge in [-0.25, -0.2) is 4.79 Å². The molecular weight excluding hydrogens is 410 g/mol. The van der Waals surface area contributed by atoms with Gasteiger partial charge in [-0.3, -0.25) is 4.90 Å². The number of hydrogen-bond donors (Lipinski definition) is 0. The summed E-state index contributed by atoms with van der Waals surface area (Å²) in [5.74, 6) is 9.09. The highest BCUT2D eigenvalue weighted by molar-refractivity contribution is 5.81. The van der Waals surface area contributed by atoms with E-state index in [1.807, 2.05) is 32.2 Å². The summed E-state index contributed by atoms with van der Waals surface area (Å²) in [6.07, 6.45) is 0.884. The number of benzene rings is 2. The normalized spacial score (nSPS) is 16.9. The van der Waals surface area contributed by atoms with Gasteiger partial charge in [0.1, 0.15) is 24.0 Å². The van der Waals surface area contributed by atoms with Crippen molar-refractivity contribution in [1.29, 1.82) is 0 Å². The van der Waals surface area contributed by atoms with Gasteiger partial charge in [0, 0.05) is 29.6 Å². The molecule has 7 nitrogen and oxygen atoms in total. The Hall–Kier alpha value is -3.63. The molecule has 0 radical (unpaired) electrons. The van der Waals surface area contributed by atoms with Crippen molar-refractivity contribution in [2.45, 2.75) is 19.4 Å². The Morgan fingerprint density at radius 3 is 2.94 bits per heavy atom. The quantitative estimate of drug-likeness (QED) is 0.463. The topological polar surface area (TPSA) is 70.4 Å². The van der Waals surface area contributed by atoms with Gasteiger partial charge in [0.2, 0.25) is 12.5 Å². The molecule has 3 aromatic rings. The van der Waals surface area contributed by atoms with E-state index in [1.165, 1.54) is 6.07 Å². The molecule has 5 rings (SSSR count). The maximum atomic E-state index is 11.6. The highest BCUT2D eigenvalue weighted by Crippen LogP contribution is 2.49. The molecule has 2 aromatic carbocycles. The average Bonchev–Trinajstić information content (AvgIpc) is 3.24. The van der Waals surface area contributed by atoms with E-state index in [1.54, 1.807) is 13.2 Å². The van der Waals surface area contributed by atoms with Crippen LogP contribution in [0.4, 0.5) is 0 Å². The van der Waals surface area contributed by atoms with Crippen molar-refractivity contribution in [3.05, 3.63) is 57.4 Å². The van der Waals surface area contributed by atoms with E-state index in [-0.39, 0.29) is 25.1 Å². The van der Waals surface area contributed by atoms with Crippen molar-refractivity contribution >= 4 is 11.0 Å². The summed E-state index contributed by atoms with van der Waals surface area (Å²) in [5.41, 5.74) is 3.17. The number of rotatable bonds is 3. The molecule has 2 aliphatic rings. The van der Waals surface area contributed by atoms with Crippen molar-refractivity contribution in [2.24, 2.45) is 0 Å². The van der Waals surface area contributed by atoms with Crippen molar-refractivity contribution < 1.29 is 23.4 Å². The maximum absolute atomic E-state index is 11.6. The largest absolute Gasteiger partial charge is 0.492 e. The summed E-state index contributed by atoms with van der Waals surface area (Å²) >= 11 is 0. The van der Waals surface area contributed by atoms with Crippen LogP contribution in [0.5, 0.6) is 23.0 Å². The van der Waals surface area contributed by atoms with Crippen LogP contribution in [0.1, 0.15) is 22.7 Å². The smallest absolute Gasteiger partial charge is 0.336 e. The molecule has 0 bridgehead atoms. The van der Waals surface area contributed by atoms with Gasteiger partial charge in [0.25, 0.3) is 0 Å². The van der Waals surface area contributed by atoms with Crippen LogP contribution in [0.2, 0.25) is 0 Å². The van der Waals surface area contributed by atoms with Gasteiger partial charge in [-0.2, -0.15) is 0 Å². The highest BCUT2D eigenvalue weighted by Gasteiger charge is 2.33. The van der Waals surface area contributed by atoms with Gasteiger partial charge in [0.05, 0.1) is 7.11 Å². The number of likely N-dealkylation sites (N-methyl/N-ethyl adjacent to an activating group) is 1. The molecule has 0 amide bonds. The van der Waals surface area contributed by atoms with Crippen molar-refractivity contribution in [2.75, 3.05) is 34.1 Å². The fourth-order valence-electron chi connectivity index (χ4n) is 4.27. The SMILES string of the molecule is COc1c2c(cc3c1[C@@H](C#CCOc1ccc4c(C)cc(=O)oc4c1)N(C)CC3)OCO2. The predicted octanol–water partition coefficient (Wildman–Crippen LogP) is 3.45. The Kier molecular flexibility index (Phi) is 5.16. The molecule has 1 aromatic heterocycles. The monoisotopic (exact) mass is 433 g/mol. The van der Waals surface area contributed by atoms with Crippen LogP contribution in [0.3, 0.4) is 0 Å². The molecule has 0 saturated heterocycles. The summed E-state index contributed by atoms with van der Waals surface area (Å²) < 4.78 is 28.0. The van der Waals surface area contributed by atoms with Crippen LogP contribution in [0, 0.1) is 18.8 Å². The first-order chi connectivity index (χ1) is 15.5. The lowest BCUT2D eigenvalue weighted by Crippen LogP contribution is -2.31. The molecule has 0 saturated carbocycles. The predicted molar refractivity (Wildman–Crippen MR) is 119 cm³/mol. The summed E-state index contributed by atoms with van der Waals surface area (Å²) in [6, 6.07) is 8.82. The fourth-order valence-corrected chi connectivity index (χ4v) is 4.27. The Bertz CT molecular complexity index is 1320. The van der Waals surface area contributed by atoms with E-state index < -0.39 is 0 Å². The van der Waals surface area contributed by atoms with E-state index in [0.29, 0.717) is 22.8 Å². The van der Waals surface area contributed by atoms with Crippen LogP contribution in [0.25, 0.3) is 11.0 Å². The van der Waals surface area contributed by atoms with Crippen molar-refractivity contribution in [3.63, 3.8) is 0 Å². The molecule has 0 aliphatic carbocycles. The summed E-state index contributed by atoms with van der Waals surface area (Å²) in [6.45, 7) is 3.15. The highest BCUT2D eigenvalue weighted by atomic mass is 16.7. The molecule has 3 heterocycles. The van der Waals surface area contributed by atoms with E-state index >= 15 is 0 Å². The molecule has 0 spiro atoms. The number of nitrogens with zero attached hydrogens (tertiary/aromatic N) is 1. The molecular formula is C25H23NO6. The van der Waals surface area contributed by atoms with Gasteiger partial charge in [0.15, 0.2) is 11.5 Å². The van der Waals surface area contributed by atoms with Crippen LogP contribution in [0.15, 0.2) is 39.5 Å². The van der Waals surface area contributed by atoms with Gasteiger partial charge in [-0.05, 0) is 49.7 Å². The Labute approximate surface area is 185 Å². The first-order valence-electron chi connectivity index (χ1n) is 10.4. The minimum Gasteiger partial charge on any atom is -0.492 e. The lowest BCUT2D eigenvalue weighted by molar-refractivity contribution is 0.171. The molecule has 32 heavy (non-hydrogen) atoms. The van der Waals surface area contributed by atoms with Gasteiger partial charge in [-0.1, -0.05) is 11.8 Å². The van der Waals surface area contributed by atoms with E-state index in [2.05, 4.69) is 16.7 Å². The molecule has 0 unspecified atom stereocenters. The van der Waals surface area contributed by atoms with E-state index in [0.717, 1.165) is 40.8 Å². The number of methoxy groups -OCH3 is 1. The first-order valence-corrected chi connectivity index (χ1v) is 10.4. The number of hydrogen-bond acceptors (Lipinski definition) is 7. The Morgan fingerprint density at radius 1 is 1.22 bits per heavy atom. The van der Waals surface area contributed by atoms with Gasteiger partial charge >= 0.3 is 5.63 Å². The second kappa shape index (κ2) is 8.13. The molecule has 164 valence electrons. The second-order valence-corrected chi connectivity index (χ2v) is 7.87. The molecule has 2 aliphatic heterocycles. The number of aryl methyl sites for hydroxylation is 1. The Balaban J connectivity index is 1.39. The third kappa shape index (κ3) is 3.53. The van der Waals surface area contributed by atoms with Crippen molar-refractivity contribution in [1.82, 2.24) is 4.90 Å². The van der Waals surface area contributed by atoms with Gasteiger partial charge < -0.3 is 23.4 Å². The Morgan fingerprint density at radius 2 is 2.09 bits per heavy atom. The van der Waals surface area contributed by atoms with Crippen LogP contribution < -0.4 is 24.6 Å². The molecule has 0 N–H and O–H groups in total. The van der Waals surface area contributed by atoms with E-state index in [4.69, 9.17) is 23.4 Å². The fraction of sp³-hybridized carbons (Fsp3) is 0.320. The third-order valence-electron chi connectivity index (χ3n) is 5.87. The van der Waals surface area contributed by atoms with Crippen LogP contribution >= 0.6 is 0 Å². The summed E-state index contributed by atoms with van der Waals surface area (Å²) in [4.78, 5) is 13.8. The standard InChI is InChI=1S/C25H23NO6/c1-15-11-22(27)32-20-13-17(6-7-18(15)20)29-10-4-5-19-23-16(8-9-26(19)2)12-21-24(25(23)28-3)31-14-30-21/h6-7,11-13,19H,8-10,14H2,1-3H3/t19-/m1/s1. The second-order valence-electron chi connectivity index (χ2n) is 7.87. The number of ether oxygens (including phenoxy) is 4. The summed E-state index contributed by atoms with van der Waals surface area (Å²) in [7, 11) is 3.68. The molecule has 1 atom stereocenters. The third-order valence-corrected chi connectivity index (χ3v) is 5.87. The van der Waals surface area contributed by atoms with Gasteiger partial charge in [-0.15, -0.1) is 0 Å². The van der Waals surface area contributed by atoms with Crippen LogP contribution in [-0.4, -0.2) is 39.0 Å². The zero-order valence-corrected chi connectivity index (χ0v) is 18.2. The minimum absolute atomic E-state index is 0.149. The molecule has 0 fully saturated rings. The van der Waals surface area contributed by atoms with Crippen molar-refractivity contribution in [3.8, 4) is 34.8 Å². The van der Waals surface area contributed by atoms with E-state index in [9.17, 15) is 4.79 Å². The first kappa shape index (κ1) is 20.3. The summed E-state index contributed by atoms with van der Waals surface area (Å²) in [5, 5.41) is 0.884. The average molecular weight is 433 g/mol. The lowest BCUT2D eigenvalue weighted by atomic mass is 9.91. The molecule has 7 heteroatoms. The lowest BCUT2D eigenvalue weighted by Gasteiger charge is -2.32. The van der Waals surface area contributed by atoms with Crippen LogP contribution in [-0.2, 0) is 6.42 Å². The zero-order valence-electron chi connectivity index (χ0n) is 18.2. The minimum atomic E-state index is -0.374. The maximum Gasteiger partial charge on any atom is 0.336 e. The zero-order chi connectivity index (χ0) is 22.2.